The standard InChI is InChI=1S/C24H28Cl2N2O2S/c1-17(24(30)27-20-9-5-6-10-20)28(14-18-7-3-2-4-8-18)23(29)16-31-15-19-11-12-21(25)22(26)13-19/h2-4,7-8,11-13,17,20H,5-6,9-10,14-16H2,1H3,(H,27,30). The summed E-state index contributed by atoms with van der Waals surface area (Å²) >= 11 is 13.6. The summed E-state index contributed by atoms with van der Waals surface area (Å²) in [7, 11) is 0. The van der Waals surface area contributed by atoms with Gasteiger partial charge in [-0.25, -0.2) is 0 Å². The molecule has 1 saturated carbocycles. The van der Waals surface area contributed by atoms with Gasteiger partial charge in [0.05, 0.1) is 15.8 Å². The predicted octanol–water partition coefficient (Wildman–Crippen LogP) is 5.70. The zero-order chi connectivity index (χ0) is 22.2. The van der Waals surface area contributed by atoms with E-state index < -0.39 is 6.04 Å². The van der Waals surface area contributed by atoms with E-state index in [1.54, 1.807) is 11.0 Å². The maximum absolute atomic E-state index is 13.1. The van der Waals surface area contributed by atoms with E-state index in [4.69, 9.17) is 23.2 Å². The van der Waals surface area contributed by atoms with Gasteiger partial charge in [0.2, 0.25) is 11.8 Å². The molecule has 4 nitrogen and oxygen atoms in total. The summed E-state index contributed by atoms with van der Waals surface area (Å²) in [5.41, 5.74) is 2.01. The van der Waals surface area contributed by atoms with Gasteiger partial charge in [0.25, 0.3) is 0 Å². The number of carbonyl (C=O) groups is 2. The number of hydrogen-bond acceptors (Lipinski definition) is 3. The molecular weight excluding hydrogens is 451 g/mol. The molecule has 0 spiro atoms. The van der Waals surface area contributed by atoms with Gasteiger partial charge in [-0.05, 0) is 43.0 Å². The minimum atomic E-state index is -0.529. The van der Waals surface area contributed by atoms with E-state index in [1.165, 1.54) is 11.8 Å². The summed E-state index contributed by atoms with van der Waals surface area (Å²) in [6.45, 7) is 2.22. The molecule has 0 saturated heterocycles. The van der Waals surface area contributed by atoms with Crippen molar-refractivity contribution in [2.45, 2.75) is 57.0 Å². The fraction of sp³-hybridized carbons (Fsp3) is 0.417. The highest BCUT2D eigenvalue weighted by atomic mass is 35.5. The number of benzene rings is 2. The summed E-state index contributed by atoms with van der Waals surface area (Å²) in [4.78, 5) is 27.7. The van der Waals surface area contributed by atoms with Gasteiger partial charge in [0.1, 0.15) is 6.04 Å². The first-order valence-corrected chi connectivity index (χ1v) is 12.5. The molecule has 1 aliphatic carbocycles. The maximum Gasteiger partial charge on any atom is 0.242 e. The van der Waals surface area contributed by atoms with Crippen LogP contribution in [0.15, 0.2) is 48.5 Å². The molecular formula is C24H28Cl2N2O2S. The van der Waals surface area contributed by atoms with Crippen molar-refractivity contribution < 1.29 is 9.59 Å². The summed E-state index contributed by atoms with van der Waals surface area (Å²) in [5.74, 6) is 0.798. The Bertz CT molecular complexity index is 888. The van der Waals surface area contributed by atoms with Crippen LogP contribution in [0, 0.1) is 0 Å². The highest BCUT2D eigenvalue weighted by Gasteiger charge is 2.28. The van der Waals surface area contributed by atoms with Crippen LogP contribution >= 0.6 is 35.0 Å². The second-order valence-electron chi connectivity index (χ2n) is 7.91. The first-order chi connectivity index (χ1) is 14.9. The van der Waals surface area contributed by atoms with Crippen LogP contribution in [0.1, 0.15) is 43.7 Å². The number of amides is 2. The molecule has 0 heterocycles. The average molecular weight is 479 g/mol. The summed E-state index contributed by atoms with van der Waals surface area (Å²) in [6.07, 6.45) is 4.34. The van der Waals surface area contributed by atoms with Crippen molar-refractivity contribution >= 4 is 46.8 Å². The van der Waals surface area contributed by atoms with Crippen LogP contribution in [0.25, 0.3) is 0 Å². The van der Waals surface area contributed by atoms with E-state index in [0.717, 1.165) is 36.8 Å². The highest BCUT2D eigenvalue weighted by Crippen LogP contribution is 2.25. The molecule has 1 N–H and O–H groups in total. The van der Waals surface area contributed by atoms with Crippen molar-refractivity contribution in [3.05, 3.63) is 69.7 Å². The van der Waals surface area contributed by atoms with E-state index in [9.17, 15) is 9.59 Å². The van der Waals surface area contributed by atoms with Gasteiger partial charge in [0.15, 0.2) is 0 Å². The Morgan fingerprint density at radius 1 is 1.06 bits per heavy atom. The summed E-state index contributed by atoms with van der Waals surface area (Å²) in [5, 5.41) is 4.15. The number of hydrogen-bond donors (Lipinski definition) is 1. The maximum atomic E-state index is 13.1. The summed E-state index contributed by atoms with van der Waals surface area (Å²) < 4.78 is 0. The number of halogens is 2. The normalized spacial score (nSPS) is 14.9. The fourth-order valence-electron chi connectivity index (χ4n) is 3.72. The molecule has 2 aromatic carbocycles. The van der Waals surface area contributed by atoms with Gasteiger partial charge in [0, 0.05) is 18.3 Å². The first kappa shape index (κ1) is 24.0. The summed E-state index contributed by atoms with van der Waals surface area (Å²) in [6, 6.07) is 15.0. The number of nitrogens with zero attached hydrogens (tertiary/aromatic N) is 1. The monoisotopic (exact) mass is 478 g/mol. The third-order valence-electron chi connectivity index (χ3n) is 5.54. The third kappa shape index (κ3) is 7.16. The first-order valence-electron chi connectivity index (χ1n) is 10.6. The second-order valence-corrected chi connectivity index (χ2v) is 9.71. The van der Waals surface area contributed by atoms with Gasteiger partial charge >= 0.3 is 0 Å². The number of thioether (sulfide) groups is 1. The van der Waals surface area contributed by atoms with Crippen molar-refractivity contribution in [2.75, 3.05) is 5.75 Å². The van der Waals surface area contributed by atoms with Crippen LogP contribution in [0.5, 0.6) is 0 Å². The lowest BCUT2D eigenvalue weighted by atomic mass is 10.1. The molecule has 2 aromatic rings. The molecule has 3 rings (SSSR count). The molecule has 31 heavy (non-hydrogen) atoms. The van der Waals surface area contributed by atoms with E-state index in [-0.39, 0.29) is 23.6 Å². The molecule has 7 heteroatoms. The Balaban J connectivity index is 1.63. The molecule has 0 bridgehead atoms. The van der Waals surface area contributed by atoms with Crippen LogP contribution in [-0.2, 0) is 21.9 Å². The van der Waals surface area contributed by atoms with Gasteiger partial charge in [-0.1, -0.05) is 72.4 Å². The molecule has 1 atom stereocenters. The van der Waals surface area contributed by atoms with Gasteiger partial charge in [-0.3, -0.25) is 9.59 Å². The molecule has 166 valence electrons. The lowest BCUT2D eigenvalue weighted by Crippen LogP contribution is -2.50. The van der Waals surface area contributed by atoms with Crippen LogP contribution in [-0.4, -0.2) is 34.6 Å². The molecule has 1 aliphatic rings. The Hall–Kier alpha value is -1.69. The molecule has 0 aromatic heterocycles. The molecule has 2 amide bonds. The molecule has 1 unspecified atom stereocenters. The largest absolute Gasteiger partial charge is 0.352 e. The minimum absolute atomic E-state index is 0.0528. The smallest absolute Gasteiger partial charge is 0.242 e. The van der Waals surface area contributed by atoms with Crippen molar-refractivity contribution in [3.8, 4) is 0 Å². The molecule has 1 fully saturated rings. The predicted molar refractivity (Wildman–Crippen MR) is 129 cm³/mol. The number of nitrogens with one attached hydrogen (secondary N) is 1. The second kappa shape index (κ2) is 11.8. The van der Waals surface area contributed by atoms with Crippen LogP contribution in [0.2, 0.25) is 10.0 Å². The Morgan fingerprint density at radius 2 is 1.77 bits per heavy atom. The fourth-order valence-corrected chi connectivity index (χ4v) is 4.90. The van der Waals surface area contributed by atoms with Gasteiger partial charge in [-0.2, -0.15) is 0 Å². The zero-order valence-corrected chi connectivity index (χ0v) is 20.0. The van der Waals surface area contributed by atoms with Crippen molar-refractivity contribution in [3.63, 3.8) is 0 Å². The van der Waals surface area contributed by atoms with Gasteiger partial charge in [-0.15, -0.1) is 11.8 Å². The van der Waals surface area contributed by atoms with Crippen molar-refractivity contribution in [1.82, 2.24) is 10.2 Å². The SMILES string of the molecule is CC(C(=O)NC1CCCC1)N(Cc1ccccc1)C(=O)CSCc1ccc(Cl)c(Cl)c1. The minimum Gasteiger partial charge on any atom is -0.352 e. The van der Waals surface area contributed by atoms with Crippen molar-refractivity contribution in [1.29, 1.82) is 0 Å². The van der Waals surface area contributed by atoms with Crippen LogP contribution < -0.4 is 5.32 Å². The lowest BCUT2D eigenvalue weighted by molar-refractivity contribution is -0.138. The van der Waals surface area contributed by atoms with Gasteiger partial charge < -0.3 is 10.2 Å². The molecule has 0 aliphatic heterocycles. The average Bonchev–Trinajstić information content (AvgIpc) is 3.27. The van der Waals surface area contributed by atoms with E-state index in [1.807, 2.05) is 49.4 Å². The van der Waals surface area contributed by atoms with E-state index >= 15 is 0 Å². The van der Waals surface area contributed by atoms with Crippen molar-refractivity contribution in [2.24, 2.45) is 0 Å². The Kier molecular flexibility index (Phi) is 9.12. The third-order valence-corrected chi connectivity index (χ3v) is 7.27. The quantitative estimate of drug-likeness (QED) is 0.502. The van der Waals surface area contributed by atoms with E-state index in [0.29, 0.717) is 22.3 Å². The van der Waals surface area contributed by atoms with Crippen LogP contribution in [0.3, 0.4) is 0 Å². The lowest BCUT2D eigenvalue weighted by Gasteiger charge is -2.29. The number of rotatable bonds is 9. The zero-order valence-electron chi connectivity index (χ0n) is 17.7. The topological polar surface area (TPSA) is 49.4 Å². The number of carbonyl (C=O) groups excluding carboxylic acids is 2. The Morgan fingerprint density at radius 3 is 2.45 bits per heavy atom. The van der Waals surface area contributed by atoms with E-state index in [2.05, 4.69) is 5.32 Å². The molecule has 0 radical (unpaired) electrons. The van der Waals surface area contributed by atoms with Crippen LogP contribution in [0.4, 0.5) is 0 Å². The highest BCUT2D eigenvalue weighted by molar-refractivity contribution is 7.99. The Labute approximate surface area is 198 Å².